The summed E-state index contributed by atoms with van der Waals surface area (Å²) in [5.41, 5.74) is 1.68. The van der Waals surface area contributed by atoms with Crippen LogP contribution in [0.4, 0.5) is 4.39 Å². The third kappa shape index (κ3) is 4.24. The molecule has 0 N–H and O–H groups in total. The Hall–Kier alpha value is -3.12. The van der Waals surface area contributed by atoms with Crippen LogP contribution < -0.4 is 4.74 Å². The molecular weight excluding hydrogens is 409 g/mol. The van der Waals surface area contributed by atoms with Crippen LogP contribution in [-0.4, -0.2) is 37.5 Å². The van der Waals surface area contributed by atoms with Crippen LogP contribution in [0.25, 0.3) is 6.08 Å². The minimum Gasteiger partial charge on any atom is -0.497 e. The molecule has 1 aliphatic rings. The van der Waals surface area contributed by atoms with E-state index in [1.165, 1.54) is 36.3 Å². The first kappa shape index (κ1) is 21.6. The second-order valence-electron chi connectivity index (χ2n) is 6.70. The van der Waals surface area contributed by atoms with Crippen molar-refractivity contribution in [3.05, 3.63) is 81.3 Å². The van der Waals surface area contributed by atoms with Crippen LogP contribution in [0.3, 0.4) is 0 Å². The normalized spacial score (nSPS) is 15.2. The molecule has 1 heterocycles. The van der Waals surface area contributed by atoms with Crippen LogP contribution in [-0.2, 0) is 20.7 Å². The smallest absolute Gasteiger partial charge is 0.340 e. The lowest BCUT2D eigenvalue weighted by molar-refractivity contribution is -0.136. The predicted molar refractivity (Wildman–Crippen MR) is 113 cm³/mol. The number of amides is 1. The Kier molecular flexibility index (Phi) is 6.57. The SMILES string of the molecule is COC(=O)C1=C(C)N(CCc2ccc(OC)cc2)C(=O)/C1=C/c1c(F)cccc1Cl. The number of nitrogens with zero attached hydrogens (tertiary/aromatic N) is 1. The summed E-state index contributed by atoms with van der Waals surface area (Å²) in [4.78, 5) is 27.0. The molecule has 156 valence electrons. The van der Waals surface area contributed by atoms with Gasteiger partial charge in [-0.1, -0.05) is 29.8 Å². The maximum Gasteiger partial charge on any atom is 0.340 e. The van der Waals surface area contributed by atoms with Crippen molar-refractivity contribution in [3.63, 3.8) is 0 Å². The molecule has 5 nitrogen and oxygen atoms in total. The highest BCUT2D eigenvalue weighted by molar-refractivity contribution is 6.32. The number of halogens is 2. The van der Waals surface area contributed by atoms with Gasteiger partial charge in [-0.05, 0) is 49.2 Å². The number of carbonyl (C=O) groups excluding carboxylic acids is 2. The molecule has 0 unspecified atom stereocenters. The lowest BCUT2D eigenvalue weighted by Gasteiger charge is -2.18. The zero-order valence-electron chi connectivity index (χ0n) is 16.9. The standard InChI is InChI=1S/C23H21ClFNO4/c1-14-21(23(28)30-3)18(13-17-19(24)5-4-6-20(17)25)22(27)26(14)12-11-15-7-9-16(29-2)10-8-15/h4-10,13H,11-12H2,1-3H3/b18-13+. The van der Waals surface area contributed by atoms with Gasteiger partial charge in [-0.3, -0.25) is 4.79 Å². The Morgan fingerprint density at radius 2 is 1.87 bits per heavy atom. The van der Waals surface area contributed by atoms with Crippen LogP contribution >= 0.6 is 11.6 Å². The van der Waals surface area contributed by atoms with E-state index < -0.39 is 17.7 Å². The fourth-order valence-electron chi connectivity index (χ4n) is 3.32. The quantitative estimate of drug-likeness (QED) is 0.504. The highest BCUT2D eigenvalue weighted by Gasteiger charge is 2.37. The highest BCUT2D eigenvalue weighted by Crippen LogP contribution is 2.33. The minimum absolute atomic E-state index is 0.0497. The summed E-state index contributed by atoms with van der Waals surface area (Å²) in [6.07, 6.45) is 1.87. The molecule has 0 radical (unpaired) electrons. The third-order valence-electron chi connectivity index (χ3n) is 4.97. The van der Waals surface area contributed by atoms with Gasteiger partial charge in [0, 0.05) is 17.8 Å². The Labute approximate surface area is 179 Å². The van der Waals surface area contributed by atoms with E-state index in [4.69, 9.17) is 21.1 Å². The van der Waals surface area contributed by atoms with Crippen molar-refractivity contribution >= 4 is 29.6 Å². The monoisotopic (exact) mass is 429 g/mol. The average molecular weight is 430 g/mol. The van der Waals surface area contributed by atoms with E-state index in [1.54, 1.807) is 14.0 Å². The van der Waals surface area contributed by atoms with Crippen LogP contribution in [0.5, 0.6) is 5.75 Å². The van der Waals surface area contributed by atoms with Crippen molar-refractivity contribution in [1.29, 1.82) is 0 Å². The lowest BCUT2D eigenvalue weighted by atomic mass is 10.0. The van der Waals surface area contributed by atoms with Gasteiger partial charge >= 0.3 is 5.97 Å². The summed E-state index contributed by atoms with van der Waals surface area (Å²) in [6.45, 7) is 2.02. The van der Waals surface area contributed by atoms with Crippen molar-refractivity contribution in [2.75, 3.05) is 20.8 Å². The van der Waals surface area contributed by atoms with Crippen molar-refractivity contribution < 1.29 is 23.5 Å². The van der Waals surface area contributed by atoms with Gasteiger partial charge in [0.25, 0.3) is 5.91 Å². The molecule has 0 bridgehead atoms. The van der Waals surface area contributed by atoms with Gasteiger partial charge in [-0.25, -0.2) is 9.18 Å². The van der Waals surface area contributed by atoms with Gasteiger partial charge in [0.05, 0.1) is 30.4 Å². The van der Waals surface area contributed by atoms with Crippen LogP contribution in [0, 0.1) is 5.82 Å². The molecule has 0 aliphatic carbocycles. The predicted octanol–water partition coefficient (Wildman–Crippen LogP) is 4.40. The Balaban J connectivity index is 1.94. The lowest BCUT2D eigenvalue weighted by Crippen LogP contribution is -2.27. The molecular formula is C23H21ClFNO4. The summed E-state index contributed by atoms with van der Waals surface area (Å²) in [5.74, 6) is -0.902. The maximum absolute atomic E-state index is 14.3. The molecule has 0 saturated carbocycles. The van der Waals surface area contributed by atoms with Crippen molar-refractivity contribution in [3.8, 4) is 5.75 Å². The molecule has 0 fully saturated rings. The number of carbonyl (C=O) groups is 2. The molecule has 1 amide bonds. The second-order valence-corrected chi connectivity index (χ2v) is 7.11. The summed E-state index contributed by atoms with van der Waals surface area (Å²) < 4.78 is 24.3. The van der Waals surface area contributed by atoms with Crippen LogP contribution in [0.1, 0.15) is 18.1 Å². The fraction of sp³-hybridized carbons (Fsp3) is 0.217. The number of benzene rings is 2. The van der Waals surface area contributed by atoms with E-state index in [9.17, 15) is 14.0 Å². The average Bonchev–Trinajstić information content (AvgIpc) is 2.98. The summed E-state index contributed by atoms with van der Waals surface area (Å²) >= 11 is 6.10. The zero-order chi connectivity index (χ0) is 21.8. The summed E-state index contributed by atoms with van der Waals surface area (Å²) in [5, 5.41) is 0.147. The topological polar surface area (TPSA) is 55.8 Å². The first-order chi connectivity index (χ1) is 14.4. The van der Waals surface area contributed by atoms with Crippen LogP contribution in [0.15, 0.2) is 59.3 Å². The van der Waals surface area contributed by atoms with Crippen molar-refractivity contribution in [2.24, 2.45) is 0 Å². The number of allylic oxidation sites excluding steroid dienone is 1. The fourth-order valence-corrected chi connectivity index (χ4v) is 3.54. The first-order valence-corrected chi connectivity index (χ1v) is 9.65. The molecule has 3 rings (SSSR count). The summed E-state index contributed by atoms with van der Waals surface area (Å²) in [6, 6.07) is 11.7. The van der Waals surface area contributed by atoms with E-state index in [0.717, 1.165) is 11.3 Å². The van der Waals surface area contributed by atoms with Crippen molar-refractivity contribution in [1.82, 2.24) is 4.90 Å². The van der Waals surface area contributed by atoms with E-state index in [-0.39, 0.29) is 21.7 Å². The van der Waals surface area contributed by atoms with Gasteiger partial charge < -0.3 is 14.4 Å². The highest BCUT2D eigenvalue weighted by atomic mass is 35.5. The first-order valence-electron chi connectivity index (χ1n) is 9.27. The van der Waals surface area contributed by atoms with E-state index >= 15 is 0 Å². The molecule has 7 heteroatoms. The molecule has 0 atom stereocenters. The third-order valence-corrected chi connectivity index (χ3v) is 5.30. The van der Waals surface area contributed by atoms with Gasteiger partial charge in [0.15, 0.2) is 0 Å². The van der Waals surface area contributed by atoms with Crippen molar-refractivity contribution in [2.45, 2.75) is 13.3 Å². The Morgan fingerprint density at radius 3 is 2.47 bits per heavy atom. The summed E-state index contributed by atoms with van der Waals surface area (Å²) in [7, 11) is 2.83. The van der Waals surface area contributed by atoms with Gasteiger partial charge in [0.2, 0.25) is 0 Å². The molecule has 2 aromatic carbocycles. The maximum atomic E-state index is 14.3. The largest absolute Gasteiger partial charge is 0.497 e. The molecule has 1 aliphatic heterocycles. The molecule has 0 spiro atoms. The van der Waals surface area contributed by atoms with E-state index in [1.807, 2.05) is 24.3 Å². The van der Waals surface area contributed by atoms with E-state index in [0.29, 0.717) is 18.7 Å². The molecule has 30 heavy (non-hydrogen) atoms. The van der Waals surface area contributed by atoms with Gasteiger partial charge in [-0.15, -0.1) is 0 Å². The molecule has 2 aromatic rings. The molecule has 0 saturated heterocycles. The Bertz CT molecular complexity index is 1020. The number of esters is 1. The number of rotatable bonds is 6. The Morgan fingerprint density at radius 1 is 1.17 bits per heavy atom. The second kappa shape index (κ2) is 9.13. The van der Waals surface area contributed by atoms with Gasteiger partial charge in [0.1, 0.15) is 11.6 Å². The van der Waals surface area contributed by atoms with Gasteiger partial charge in [-0.2, -0.15) is 0 Å². The van der Waals surface area contributed by atoms with E-state index in [2.05, 4.69) is 0 Å². The van der Waals surface area contributed by atoms with Crippen LogP contribution in [0.2, 0.25) is 5.02 Å². The number of hydrogen-bond donors (Lipinski definition) is 0. The number of hydrogen-bond acceptors (Lipinski definition) is 4. The zero-order valence-corrected chi connectivity index (χ0v) is 17.6. The minimum atomic E-state index is -0.661. The number of ether oxygens (including phenoxy) is 2. The number of methoxy groups -OCH3 is 2. The molecule has 0 aromatic heterocycles.